The molecule has 0 saturated carbocycles. The standard InChI is InChI=1S/C12H18BNO3/c1-8-7-14-10(15)6-9(8)13-16-11(2,3)12(4,5)17-13/h6-7H,1-5H3,(H,14,15). The van der Waals surface area contributed by atoms with Crippen molar-refractivity contribution in [1.29, 1.82) is 0 Å². The SMILES string of the molecule is Cc1c[nH]c(=O)cc1B1OC(C)(C)C(C)(C)O1. The van der Waals surface area contributed by atoms with Crippen molar-refractivity contribution in [3.63, 3.8) is 0 Å². The molecule has 0 aromatic carbocycles. The fourth-order valence-corrected chi connectivity index (χ4v) is 1.78. The van der Waals surface area contributed by atoms with E-state index < -0.39 is 7.12 Å². The number of nitrogens with one attached hydrogen (secondary N) is 1. The Morgan fingerprint density at radius 2 is 1.71 bits per heavy atom. The highest BCUT2D eigenvalue weighted by atomic mass is 16.7. The van der Waals surface area contributed by atoms with E-state index in [4.69, 9.17) is 9.31 Å². The van der Waals surface area contributed by atoms with Crippen LogP contribution < -0.4 is 11.0 Å². The molecule has 17 heavy (non-hydrogen) atoms. The quantitative estimate of drug-likeness (QED) is 0.738. The van der Waals surface area contributed by atoms with Gasteiger partial charge in [0.2, 0.25) is 5.56 Å². The van der Waals surface area contributed by atoms with Crippen LogP contribution in [-0.4, -0.2) is 23.3 Å². The van der Waals surface area contributed by atoms with Crippen LogP contribution in [-0.2, 0) is 9.31 Å². The average Bonchev–Trinajstić information content (AvgIpc) is 2.40. The summed E-state index contributed by atoms with van der Waals surface area (Å²) in [6, 6.07) is 1.54. The van der Waals surface area contributed by atoms with Crippen molar-refractivity contribution < 1.29 is 9.31 Å². The second-order valence-electron chi connectivity index (χ2n) is 5.52. The van der Waals surface area contributed by atoms with Crippen molar-refractivity contribution in [3.05, 3.63) is 28.2 Å². The predicted octanol–water partition coefficient (Wildman–Crippen LogP) is 0.983. The lowest BCUT2D eigenvalue weighted by Gasteiger charge is -2.32. The molecule has 0 amide bonds. The molecular formula is C12H18BNO3. The topological polar surface area (TPSA) is 51.3 Å². The molecular weight excluding hydrogens is 217 g/mol. The van der Waals surface area contributed by atoms with Crippen LogP contribution in [0.4, 0.5) is 0 Å². The van der Waals surface area contributed by atoms with Crippen molar-refractivity contribution in [1.82, 2.24) is 4.98 Å². The first kappa shape index (κ1) is 12.4. The highest BCUT2D eigenvalue weighted by Gasteiger charge is 2.52. The summed E-state index contributed by atoms with van der Waals surface area (Å²) in [5.74, 6) is 0. The number of aromatic nitrogens is 1. The Morgan fingerprint density at radius 1 is 1.18 bits per heavy atom. The minimum absolute atomic E-state index is 0.139. The smallest absolute Gasteiger partial charge is 0.399 e. The van der Waals surface area contributed by atoms with Crippen LogP contribution in [0.5, 0.6) is 0 Å². The molecule has 2 heterocycles. The zero-order valence-corrected chi connectivity index (χ0v) is 11.0. The molecule has 1 aromatic heterocycles. The average molecular weight is 235 g/mol. The normalized spacial score (nSPS) is 21.8. The van der Waals surface area contributed by atoms with Crippen LogP contribution in [0.15, 0.2) is 17.1 Å². The summed E-state index contributed by atoms with van der Waals surface area (Å²) in [7, 11) is -0.470. The van der Waals surface area contributed by atoms with Gasteiger partial charge in [0.15, 0.2) is 0 Å². The monoisotopic (exact) mass is 235 g/mol. The molecule has 0 spiro atoms. The molecule has 1 aliphatic heterocycles. The Morgan fingerprint density at radius 3 is 2.24 bits per heavy atom. The van der Waals surface area contributed by atoms with Crippen LogP contribution in [0.1, 0.15) is 33.3 Å². The molecule has 0 aliphatic carbocycles. The lowest BCUT2D eigenvalue weighted by atomic mass is 9.77. The van der Waals surface area contributed by atoms with Crippen LogP contribution in [0.2, 0.25) is 0 Å². The lowest BCUT2D eigenvalue weighted by molar-refractivity contribution is 0.00578. The van der Waals surface area contributed by atoms with Gasteiger partial charge in [0, 0.05) is 12.3 Å². The number of aromatic amines is 1. The van der Waals surface area contributed by atoms with Gasteiger partial charge in [0.1, 0.15) is 0 Å². The van der Waals surface area contributed by atoms with Gasteiger partial charge >= 0.3 is 7.12 Å². The molecule has 1 fully saturated rings. The van der Waals surface area contributed by atoms with Crippen LogP contribution >= 0.6 is 0 Å². The van der Waals surface area contributed by atoms with E-state index in [1.807, 2.05) is 34.6 Å². The number of pyridine rings is 1. The van der Waals surface area contributed by atoms with E-state index in [-0.39, 0.29) is 16.8 Å². The maximum absolute atomic E-state index is 11.4. The number of hydrogen-bond donors (Lipinski definition) is 1. The van der Waals surface area contributed by atoms with E-state index in [1.54, 1.807) is 6.20 Å². The summed E-state index contributed by atoms with van der Waals surface area (Å²) in [5.41, 5.74) is 0.857. The Kier molecular flexibility index (Phi) is 2.71. The first-order valence-electron chi connectivity index (χ1n) is 5.78. The highest BCUT2D eigenvalue weighted by Crippen LogP contribution is 2.36. The maximum Gasteiger partial charge on any atom is 0.495 e. The molecule has 0 atom stereocenters. The van der Waals surface area contributed by atoms with Gasteiger partial charge in [-0.15, -0.1) is 0 Å². The number of H-pyrrole nitrogens is 1. The molecule has 1 N–H and O–H groups in total. The summed E-state index contributed by atoms with van der Waals surface area (Å²) >= 11 is 0. The van der Waals surface area contributed by atoms with Gasteiger partial charge in [-0.3, -0.25) is 4.79 Å². The Hall–Kier alpha value is -1.07. The number of hydrogen-bond acceptors (Lipinski definition) is 3. The van der Waals surface area contributed by atoms with E-state index in [0.29, 0.717) is 0 Å². The van der Waals surface area contributed by atoms with E-state index >= 15 is 0 Å². The summed E-state index contributed by atoms with van der Waals surface area (Å²) in [6.45, 7) is 9.91. The minimum atomic E-state index is -0.470. The third kappa shape index (κ3) is 2.05. The molecule has 0 bridgehead atoms. The Balaban J connectivity index is 2.38. The van der Waals surface area contributed by atoms with Crippen molar-refractivity contribution in [2.24, 2.45) is 0 Å². The number of rotatable bonds is 1. The summed E-state index contributed by atoms with van der Waals surface area (Å²) in [4.78, 5) is 14.0. The molecule has 1 aromatic rings. The van der Waals surface area contributed by atoms with Gasteiger partial charge in [-0.05, 0) is 45.6 Å². The highest BCUT2D eigenvalue weighted by molar-refractivity contribution is 6.62. The van der Waals surface area contributed by atoms with Gasteiger partial charge in [-0.1, -0.05) is 0 Å². The third-order valence-corrected chi connectivity index (χ3v) is 3.68. The fraction of sp³-hybridized carbons (Fsp3) is 0.583. The summed E-state index contributed by atoms with van der Waals surface area (Å²) in [6.07, 6.45) is 1.68. The molecule has 92 valence electrons. The lowest BCUT2D eigenvalue weighted by Crippen LogP contribution is -2.41. The second-order valence-corrected chi connectivity index (χ2v) is 5.52. The first-order valence-corrected chi connectivity index (χ1v) is 5.78. The Labute approximate surface area is 101 Å². The molecule has 1 saturated heterocycles. The maximum atomic E-state index is 11.4. The minimum Gasteiger partial charge on any atom is -0.399 e. The van der Waals surface area contributed by atoms with Crippen molar-refractivity contribution in [2.75, 3.05) is 0 Å². The van der Waals surface area contributed by atoms with Crippen molar-refractivity contribution in [2.45, 2.75) is 45.8 Å². The van der Waals surface area contributed by atoms with E-state index in [9.17, 15) is 4.79 Å². The molecule has 1 aliphatic rings. The number of aryl methyl sites for hydroxylation is 1. The molecule has 0 radical (unpaired) electrons. The summed E-state index contributed by atoms with van der Waals surface area (Å²) in [5, 5.41) is 0. The van der Waals surface area contributed by atoms with Gasteiger partial charge in [-0.2, -0.15) is 0 Å². The van der Waals surface area contributed by atoms with Crippen LogP contribution in [0.3, 0.4) is 0 Å². The third-order valence-electron chi connectivity index (χ3n) is 3.68. The molecule has 4 nitrogen and oxygen atoms in total. The van der Waals surface area contributed by atoms with E-state index in [2.05, 4.69) is 4.98 Å². The van der Waals surface area contributed by atoms with Crippen molar-refractivity contribution in [3.8, 4) is 0 Å². The van der Waals surface area contributed by atoms with E-state index in [0.717, 1.165) is 11.0 Å². The first-order chi connectivity index (χ1) is 7.73. The Bertz CT molecular complexity index is 477. The molecule has 0 unspecified atom stereocenters. The van der Waals surface area contributed by atoms with Gasteiger partial charge in [0.05, 0.1) is 11.2 Å². The van der Waals surface area contributed by atoms with Gasteiger partial charge in [-0.25, -0.2) is 0 Å². The van der Waals surface area contributed by atoms with Crippen LogP contribution in [0.25, 0.3) is 0 Å². The van der Waals surface area contributed by atoms with Gasteiger partial charge in [0.25, 0.3) is 0 Å². The molecule has 5 heteroatoms. The fourth-order valence-electron chi connectivity index (χ4n) is 1.78. The van der Waals surface area contributed by atoms with Crippen LogP contribution in [0, 0.1) is 6.92 Å². The molecule has 2 rings (SSSR count). The predicted molar refractivity (Wildman–Crippen MR) is 67.5 cm³/mol. The van der Waals surface area contributed by atoms with Crippen molar-refractivity contribution >= 4 is 12.6 Å². The zero-order valence-electron chi connectivity index (χ0n) is 11.0. The van der Waals surface area contributed by atoms with Gasteiger partial charge < -0.3 is 14.3 Å². The summed E-state index contributed by atoms with van der Waals surface area (Å²) < 4.78 is 11.8. The zero-order chi connectivity index (χ0) is 12.8. The largest absolute Gasteiger partial charge is 0.495 e. The second kappa shape index (κ2) is 3.72. The van der Waals surface area contributed by atoms with E-state index in [1.165, 1.54) is 6.07 Å².